The average Bonchev–Trinajstić information content (AvgIpc) is 3.18. The molecule has 0 radical (unpaired) electrons. The van der Waals surface area contributed by atoms with Gasteiger partial charge in [-0.25, -0.2) is 4.98 Å². The summed E-state index contributed by atoms with van der Waals surface area (Å²) in [7, 11) is 0. The molecule has 1 aromatic rings. The fourth-order valence-electron chi connectivity index (χ4n) is 2.73. The molecule has 0 aromatic carbocycles. The largest absolute Gasteiger partial charge is 0.346 e. The summed E-state index contributed by atoms with van der Waals surface area (Å²) in [6.45, 7) is 2.20. The summed E-state index contributed by atoms with van der Waals surface area (Å²) in [4.78, 5) is 16.2. The fourth-order valence-corrected chi connectivity index (χ4v) is 2.84. The summed E-state index contributed by atoms with van der Waals surface area (Å²) in [5.41, 5.74) is 0.573. The molecule has 1 N–H and O–H groups in total. The molecule has 0 bridgehead atoms. The average molecular weight is 265 g/mol. The third kappa shape index (κ3) is 2.24. The SMILES string of the molecule is CC(NC(=O)c1ccc(Cl)nc1)(C1CC1)C1CC1. The maximum absolute atomic E-state index is 12.2. The van der Waals surface area contributed by atoms with E-state index in [0.717, 1.165) is 0 Å². The molecule has 2 aliphatic carbocycles. The molecule has 1 aromatic heterocycles. The van der Waals surface area contributed by atoms with Crippen LogP contribution in [-0.2, 0) is 0 Å². The first-order valence-electron chi connectivity index (χ1n) is 6.53. The second-order valence-corrected chi connectivity index (χ2v) is 6.04. The van der Waals surface area contributed by atoms with E-state index in [1.165, 1.54) is 31.9 Å². The number of amides is 1. The van der Waals surface area contributed by atoms with Gasteiger partial charge in [-0.2, -0.15) is 0 Å². The number of halogens is 1. The Kier molecular flexibility index (Phi) is 2.81. The van der Waals surface area contributed by atoms with E-state index >= 15 is 0 Å². The van der Waals surface area contributed by atoms with E-state index in [-0.39, 0.29) is 11.4 Å². The summed E-state index contributed by atoms with van der Waals surface area (Å²) in [6.07, 6.45) is 6.51. The summed E-state index contributed by atoms with van der Waals surface area (Å²) in [6, 6.07) is 3.38. The Balaban J connectivity index is 1.74. The molecule has 0 atom stereocenters. The van der Waals surface area contributed by atoms with Crippen LogP contribution in [0.3, 0.4) is 0 Å². The van der Waals surface area contributed by atoms with Crippen molar-refractivity contribution in [3.8, 4) is 0 Å². The van der Waals surface area contributed by atoms with Crippen molar-refractivity contribution in [2.75, 3.05) is 0 Å². The lowest BCUT2D eigenvalue weighted by atomic mass is 9.89. The molecule has 2 fully saturated rings. The first kappa shape index (κ1) is 12.0. The van der Waals surface area contributed by atoms with Crippen molar-refractivity contribution < 1.29 is 4.79 Å². The maximum atomic E-state index is 12.2. The molecule has 2 aliphatic rings. The van der Waals surface area contributed by atoms with Crippen molar-refractivity contribution in [2.24, 2.45) is 11.8 Å². The van der Waals surface area contributed by atoms with E-state index in [9.17, 15) is 4.79 Å². The molecule has 3 rings (SSSR count). The van der Waals surface area contributed by atoms with Gasteiger partial charge >= 0.3 is 0 Å². The molecule has 0 unspecified atom stereocenters. The Labute approximate surface area is 112 Å². The molecule has 1 amide bonds. The Morgan fingerprint density at radius 1 is 1.33 bits per heavy atom. The number of carbonyl (C=O) groups excluding carboxylic acids is 1. The third-order valence-corrected chi connectivity index (χ3v) is 4.45. The predicted molar refractivity (Wildman–Crippen MR) is 70.6 cm³/mol. The lowest BCUT2D eigenvalue weighted by Crippen LogP contribution is -2.49. The van der Waals surface area contributed by atoms with Crippen LogP contribution in [0.2, 0.25) is 5.15 Å². The van der Waals surface area contributed by atoms with Crippen LogP contribution in [0.15, 0.2) is 18.3 Å². The second-order valence-electron chi connectivity index (χ2n) is 5.65. The minimum atomic E-state index is -0.0273. The van der Waals surface area contributed by atoms with Crippen LogP contribution in [0.4, 0.5) is 0 Å². The van der Waals surface area contributed by atoms with Crippen molar-refractivity contribution in [2.45, 2.75) is 38.1 Å². The van der Waals surface area contributed by atoms with Crippen LogP contribution in [-0.4, -0.2) is 16.4 Å². The number of aromatic nitrogens is 1. The van der Waals surface area contributed by atoms with Gasteiger partial charge in [-0.1, -0.05) is 11.6 Å². The van der Waals surface area contributed by atoms with Gasteiger partial charge in [0.25, 0.3) is 5.91 Å². The summed E-state index contributed by atoms with van der Waals surface area (Å²) < 4.78 is 0. The zero-order valence-electron chi connectivity index (χ0n) is 10.4. The molecule has 0 aliphatic heterocycles. The van der Waals surface area contributed by atoms with E-state index in [2.05, 4.69) is 17.2 Å². The number of nitrogens with one attached hydrogen (secondary N) is 1. The first-order valence-corrected chi connectivity index (χ1v) is 6.91. The standard InChI is InChI=1S/C14H17ClN2O/c1-14(10-3-4-10,11-5-6-11)17-13(18)9-2-7-12(15)16-8-9/h2,7-8,10-11H,3-6H2,1H3,(H,17,18). The molecule has 18 heavy (non-hydrogen) atoms. The molecular formula is C14H17ClN2O. The van der Waals surface area contributed by atoms with Crippen LogP contribution < -0.4 is 5.32 Å². The molecule has 3 nitrogen and oxygen atoms in total. The quantitative estimate of drug-likeness (QED) is 0.850. The van der Waals surface area contributed by atoms with Gasteiger partial charge in [-0.05, 0) is 56.6 Å². The zero-order valence-corrected chi connectivity index (χ0v) is 11.2. The molecule has 1 heterocycles. The highest BCUT2D eigenvalue weighted by atomic mass is 35.5. The Morgan fingerprint density at radius 2 is 1.94 bits per heavy atom. The monoisotopic (exact) mass is 264 g/mol. The van der Waals surface area contributed by atoms with Crippen LogP contribution in [0.25, 0.3) is 0 Å². The highest BCUT2D eigenvalue weighted by molar-refractivity contribution is 6.29. The van der Waals surface area contributed by atoms with Crippen molar-refractivity contribution in [3.05, 3.63) is 29.0 Å². The van der Waals surface area contributed by atoms with E-state index in [1.807, 2.05) is 0 Å². The van der Waals surface area contributed by atoms with Crippen molar-refractivity contribution in [3.63, 3.8) is 0 Å². The highest BCUT2D eigenvalue weighted by Gasteiger charge is 2.51. The lowest BCUT2D eigenvalue weighted by molar-refractivity contribution is 0.0878. The maximum Gasteiger partial charge on any atom is 0.253 e. The number of carbonyl (C=O) groups is 1. The van der Waals surface area contributed by atoms with Gasteiger partial charge in [0, 0.05) is 11.7 Å². The fraction of sp³-hybridized carbons (Fsp3) is 0.571. The Bertz CT molecular complexity index is 451. The Morgan fingerprint density at radius 3 is 2.39 bits per heavy atom. The minimum Gasteiger partial charge on any atom is -0.346 e. The van der Waals surface area contributed by atoms with Crippen LogP contribution in [0, 0.1) is 11.8 Å². The number of pyridine rings is 1. The molecule has 0 spiro atoms. The van der Waals surface area contributed by atoms with Gasteiger partial charge < -0.3 is 5.32 Å². The van der Waals surface area contributed by atoms with Crippen LogP contribution in [0.5, 0.6) is 0 Å². The molecular weight excluding hydrogens is 248 g/mol. The topological polar surface area (TPSA) is 42.0 Å². The second kappa shape index (κ2) is 4.23. The molecule has 4 heteroatoms. The lowest BCUT2D eigenvalue weighted by Gasteiger charge is -2.31. The van der Waals surface area contributed by atoms with Gasteiger partial charge in [0.05, 0.1) is 5.56 Å². The van der Waals surface area contributed by atoms with E-state index < -0.39 is 0 Å². The summed E-state index contributed by atoms with van der Waals surface area (Å²) in [5, 5.41) is 3.65. The van der Waals surface area contributed by atoms with Crippen molar-refractivity contribution in [1.82, 2.24) is 10.3 Å². The smallest absolute Gasteiger partial charge is 0.253 e. The van der Waals surface area contributed by atoms with E-state index in [0.29, 0.717) is 22.6 Å². The minimum absolute atomic E-state index is 0.0171. The van der Waals surface area contributed by atoms with Gasteiger partial charge in [0.1, 0.15) is 5.15 Å². The van der Waals surface area contributed by atoms with Gasteiger partial charge in [-0.15, -0.1) is 0 Å². The molecule has 2 saturated carbocycles. The van der Waals surface area contributed by atoms with Crippen molar-refractivity contribution in [1.29, 1.82) is 0 Å². The van der Waals surface area contributed by atoms with Crippen molar-refractivity contribution >= 4 is 17.5 Å². The molecule has 0 saturated heterocycles. The number of hydrogen-bond acceptors (Lipinski definition) is 2. The van der Waals surface area contributed by atoms with Gasteiger partial charge in [-0.3, -0.25) is 4.79 Å². The normalized spacial score (nSPS) is 19.7. The van der Waals surface area contributed by atoms with Gasteiger partial charge in [0.2, 0.25) is 0 Å². The Hall–Kier alpha value is -1.09. The third-order valence-electron chi connectivity index (χ3n) is 4.22. The predicted octanol–water partition coefficient (Wildman–Crippen LogP) is 3.04. The van der Waals surface area contributed by atoms with Crippen LogP contribution in [0.1, 0.15) is 43.0 Å². The van der Waals surface area contributed by atoms with E-state index in [1.54, 1.807) is 12.1 Å². The van der Waals surface area contributed by atoms with Crippen LogP contribution >= 0.6 is 11.6 Å². The number of nitrogens with zero attached hydrogens (tertiary/aromatic N) is 1. The van der Waals surface area contributed by atoms with E-state index in [4.69, 9.17) is 11.6 Å². The highest BCUT2D eigenvalue weighted by Crippen LogP contribution is 2.51. The number of hydrogen-bond donors (Lipinski definition) is 1. The first-order chi connectivity index (χ1) is 8.59. The number of rotatable bonds is 4. The van der Waals surface area contributed by atoms with Gasteiger partial charge in [0.15, 0.2) is 0 Å². The zero-order chi connectivity index (χ0) is 12.8. The molecule has 96 valence electrons. The summed E-state index contributed by atoms with van der Waals surface area (Å²) in [5.74, 6) is 1.30. The summed E-state index contributed by atoms with van der Waals surface area (Å²) >= 11 is 5.73.